The minimum Gasteiger partial charge on any atom is -0.395 e. The maximum Gasteiger partial charge on any atom is 0.225 e. The maximum absolute atomic E-state index is 12.0. The van der Waals surface area contributed by atoms with E-state index in [2.05, 4.69) is 21.2 Å². The number of hydrogen-bond donors (Lipinski definition) is 2. The molecule has 0 aromatic heterocycles. The Morgan fingerprint density at radius 3 is 2.45 bits per heavy atom. The Labute approximate surface area is 130 Å². The van der Waals surface area contributed by atoms with E-state index in [1.807, 2.05) is 0 Å². The highest BCUT2D eigenvalue weighted by Crippen LogP contribution is 2.13. The van der Waals surface area contributed by atoms with E-state index in [1.54, 1.807) is 24.3 Å². The number of β-amino-alcohol motifs (C(OH)–C–C–N with tert-alkyl or cyclic N) is 1. The number of nitrogens with one attached hydrogen (secondary N) is 1. The van der Waals surface area contributed by atoms with Crippen molar-refractivity contribution in [2.24, 2.45) is 0 Å². The summed E-state index contributed by atoms with van der Waals surface area (Å²) in [6.45, 7) is 5.33. The van der Waals surface area contributed by atoms with Crippen LogP contribution in [0, 0.1) is 11.3 Å². The van der Waals surface area contributed by atoms with Crippen molar-refractivity contribution in [1.82, 2.24) is 9.80 Å². The molecule has 1 amide bonds. The van der Waals surface area contributed by atoms with E-state index in [0.717, 1.165) is 32.7 Å². The zero-order valence-corrected chi connectivity index (χ0v) is 12.7. The van der Waals surface area contributed by atoms with E-state index in [-0.39, 0.29) is 12.5 Å². The van der Waals surface area contributed by atoms with Crippen LogP contribution in [0.3, 0.4) is 0 Å². The van der Waals surface area contributed by atoms with Crippen LogP contribution in [0.1, 0.15) is 12.0 Å². The number of nitriles is 1. The zero-order valence-electron chi connectivity index (χ0n) is 12.7. The van der Waals surface area contributed by atoms with Crippen LogP contribution in [0.25, 0.3) is 0 Å². The molecule has 1 aromatic rings. The fourth-order valence-electron chi connectivity index (χ4n) is 2.54. The van der Waals surface area contributed by atoms with E-state index < -0.39 is 0 Å². The number of para-hydroxylation sites is 1. The molecule has 2 N–H and O–H groups in total. The highest BCUT2D eigenvalue weighted by Gasteiger charge is 2.17. The number of anilines is 1. The molecule has 1 heterocycles. The van der Waals surface area contributed by atoms with Crippen molar-refractivity contribution >= 4 is 11.6 Å². The third-order valence-corrected chi connectivity index (χ3v) is 3.86. The molecule has 0 spiro atoms. The van der Waals surface area contributed by atoms with Gasteiger partial charge in [-0.3, -0.25) is 9.69 Å². The summed E-state index contributed by atoms with van der Waals surface area (Å²) in [5.74, 6) is -0.0690. The van der Waals surface area contributed by atoms with Gasteiger partial charge in [0.15, 0.2) is 0 Å². The number of rotatable bonds is 6. The fourth-order valence-corrected chi connectivity index (χ4v) is 2.54. The number of amides is 1. The zero-order chi connectivity index (χ0) is 15.8. The smallest absolute Gasteiger partial charge is 0.225 e. The van der Waals surface area contributed by atoms with Crippen LogP contribution in [0.2, 0.25) is 0 Å². The largest absolute Gasteiger partial charge is 0.395 e. The van der Waals surface area contributed by atoms with Crippen LogP contribution in [-0.2, 0) is 4.79 Å². The average molecular weight is 302 g/mol. The molecule has 118 valence electrons. The molecule has 22 heavy (non-hydrogen) atoms. The number of benzene rings is 1. The first-order valence-corrected chi connectivity index (χ1v) is 7.57. The van der Waals surface area contributed by atoms with Crippen molar-refractivity contribution < 1.29 is 9.90 Å². The third-order valence-electron chi connectivity index (χ3n) is 3.86. The molecule has 1 aromatic carbocycles. The normalized spacial score (nSPS) is 16.2. The van der Waals surface area contributed by atoms with Gasteiger partial charge in [0.25, 0.3) is 0 Å². The number of aliphatic hydroxyl groups excluding tert-OH is 1. The summed E-state index contributed by atoms with van der Waals surface area (Å²) in [5.41, 5.74) is 1.05. The average Bonchev–Trinajstić information content (AvgIpc) is 2.55. The van der Waals surface area contributed by atoms with Gasteiger partial charge in [0.05, 0.1) is 17.9 Å². The summed E-state index contributed by atoms with van der Waals surface area (Å²) >= 11 is 0. The molecule has 6 heteroatoms. The number of hydrogen-bond acceptors (Lipinski definition) is 5. The minimum atomic E-state index is -0.0690. The van der Waals surface area contributed by atoms with Gasteiger partial charge < -0.3 is 15.3 Å². The van der Waals surface area contributed by atoms with Crippen LogP contribution >= 0.6 is 0 Å². The number of aliphatic hydroxyl groups is 1. The quantitative estimate of drug-likeness (QED) is 0.800. The minimum absolute atomic E-state index is 0.0690. The Bertz CT molecular complexity index is 533. The van der Waals surface area contributed by atoms with Crippen LogP contribution in [0.5, 0.6) is 0 Å². The maximum atomic E-state index is 12.0. The first-order valence-electron chi connectivity index (χ1n) is 7.57. The molecule has 0 bridgehead atoms. The summed E-state index contributed by atoms with van der Waals surface area (Å²) in [5, 5.41) is 20.7. The summed E-state index contributed by atoms with van der Waals surface area (Å²) in [7, 11) is 0. The molecule has 2 rings (SSSR count). The summed E-state index contributed by atoms with van der Waals surface area (Å²) < 4.78 is 0. The first kappa shape index (κ1) is 16.4. The van der Waals surface area contributed by atoms with Crippen molar-refractivity contribution in [1.29, 1.82) is 5.26 Å². The van der Waals surface area contributed by atoms with E-state index >= 15 is 0 Å². The highest BCUT2D eigenvalue weighted by atomic mass is 16.3. The van der Waals surface area contributed by atoms with Gasteiger partial charge in [-0.1, -0.05) is 12.1 Å². The van der Waals surface area contributed by atoms with E-state index in [0.29, 0.717) is 24.2 Å². The molecule has 0 atom stereocenters. The second kappa shape index (κ2) is 8.49. The fraction of sp³-hybridized carbons (Fsp3) is 0.500. The molecule has 0 saturated carbocycles. The SMILES string of the molecule is N#Cc1ccccc1NC(=O)CCN1CCN(CCO)CC1. The predicted octanol–water partition coefficient (Wildman–Crippen LogP) is 0.497. The molecule has 1 aliphatic rings. The van der Waals surface area contributed by atoms with Crippen molar-refractivity contribution in [2.75, 3.05) is 51.2 Å². The molecular formula is C16H22N4O2. The van der Waals surface area contributed by atoms with Gasteiger partial charge in [-0.05, 0) is 12.1 Å². The van der Waals surface area contributed by atoms with Crippen LogP contribution in [0.4, 0.5) is 5.69 Å². The monoisotopic (exact) mass is 302 g/mol. The van der Waals surface area contributed by atoms with E-state index in [9.17, 15) is 4.79 Å². The van der Waals surface area contributed by atoms with Gasteiger partial charge in [-0.15, -0.1) is 0 Å². The predicted molar refractivity (Wildman–Crippen MR) is 84.4 cm³/mol. The molecule has 0 aliphatic carbocycles. The Morgan fingerprint density at radius 2 is 1.82 bits per heavy atom. The lowest BCUT2D eigenvalue weighted by molar-refractivity contribution is -0.116. The van der Waals surface area contributed by atoms with Gasteiger partial charge in [0.2, 0.25) is 5.91 Å². The Kier molecular flexibility index (Phi) is 6.34. The third kappa shape index (κ3) is 4.81. The molecule has 1 fully saturated rings. The Morgan fingerprint density at radius 1 is 1.18 bits per heavy atom. The van der Waals surface area contributed by atoms with Crippen LogP contribution < -0.4 is 5.32 Å². The molecular weight excluding hydrogens is 280 g/mol. The lowest BCUT2D eigenvalue weighted by Gasteiger charge is -2.34. The topological polar surface area (TPSA) is 79.6 Å². The Balaban J connectivity index is 1.74. The van der Waals surface area contributed by atoms with Gasteiger partial charge >= 0.3 is 0 Å². The van der Waals surface area contributed by atoms with E-state index in [4.69, 9.17) is 10.4 Å². The second-order valence-corrected chi connectivity index (χ2v) is 5.36. The summed E-state index contributed by atoms with van der Waals surface area (Å²) in [6.07, 6.45) is 0.416. The molecule has 1 aliphatic heterocycles. The van der Waals surface area contributed by atoms with Gasteiger partial charge in [0, 0.05) is 45.7 Å². The van der Waals surface area contributed by atoms with E-state index in [1.165, 1.54) is 0 Å². The standard InChI is InChI=1S/C16H22N4O2/c17-13-14-3-1-2-4-15(14)18-16(22)5-6-19-7-9-20(10-8-19)11-12-21/h1-4,21H,5-12H2,(H,18,22). The lowest BCUT2D eigenvalue weighted by Crippen LogP contribution is -2.47. The van der Waals surface area contributed by atoms with Crippen molar-refractivity contribution in [3.63, 3.8) is 0 Å². The molecule has 1 saturated heterocycles. The Hall–Kier alpha value is -1.94. The molecule has 0 unspecified atom stereocenters. The molecule has 0 radical (unpaired) electrons. The highest BCUT2D eigenvalue weighted by molar-refractivity contribution is 5.92. The van der Waals surface area contributed by atoms with Gasteiger partial charge in [-0.25, -0.2) is 0 Å². The van der Waals surface area contributed by atoms with Crippen molar-refractivity contribution in [3.05, 3.63) is 29.8 Å². The molecule has 6 nitrogen and oxygen atoms in total. The number of carbonyl (C=O) groups excluding carboxylic acids is 1. The van der Waals surface area contributed by atoms with Gasteiger partial charge in [0.1, 0.15) is 6.07 Å². The van der Waals surface area contributed by atoms with Crippen LogP contribution in [0.15, 0.2) is 24.3 Å². The summed E-state index contributed by atoms with van der Waals surface area (Å²) in [6, 6.07) is 9.08. The van der Waals surface area contributed by atoms with Crippen LogP contribution in [-0.4, -0.2) is 66.7 Å². The summed E-state index contributed by atoms with van der Waals surface area (Å²) in [4.78, 5) is 16.5. The second-order valence-electron chi connectivity index (χ2n) is 5.36. The van der Waals surface area contributed by atoms with Gasteiger partial charge in [-0.2, -0.15) is 5.26 Å². The van der Waals surface area contributed by atoms with Crippen molar-refractivity contribution in [2.45, 2.75) is 6.42 Å². The lowest BCUT2D eigenvalue weighted by atomic mass is 10.2. The number of carbonyl (C=O) groups is 1. The first-order chi connectivity index (χ1) is 10.7. The number of piperazine rings is 1. The number of nitrogens with zero attached hydrogens (tertiary/aromatic N) is 3. The van der Waals surface area contributed by atoms with Crippen molar-refractivity contribution in [3.8, 4) is 6.07 Å².